The van der Waals surface area contributed by atoms with Gasteiger partial charge in [0, 0.05) is 49.7 Å². The Hall–Kier alpha value is -1.77. The SMILES string of the molecule is CCNC(=NCCc1c[nH]c2cccc(C)c12)N1CCCC(CC(N)=O)C1.I. The van der Waals surface area contributed by atoms with Crippen molar-refractivity contribution >= 4 is 46.7 Å². The number of fused-ring (bicyclic) bond motifs is 1. The number of aliphatic imine (C=N–C) groups is 1. The Bertz CT molecular complexity index is 816. The molecule has 1 aliphatic rings. The van der Waals surface area contributed by atoms with E-state index in [-0.39, 0.29) is 29.9 Å². The average molecular weight is 497 g/mol. The molecule has 2 aromatic rings. The first-order valence-electron chi connectivity index (χ1n) is 9.95. The van der Waals surface area contributed by atoms with Crippen molar-refractivity contribution < 1.29 is 4.79 Å². The molecule has 3 rings (SSSR count). The Morgan fingerprint density at radius 3 is 3.00 bits per heavy atom. The Morgan fingerprint density at radius 2 is 2.25 bits per heavy atom. The molecular formula is C21H32IN5O. The number of nitrogens with one attached hydrogen (secondary N) is 2. The molecule has 154 valence electrons. The number of nitrogens with two attached hydrogens (primary N) is 1. The van der Waals surface area contributed by atoms with Crippen LogP contribution in [0, 0.1) is 12.8 Å². The molecule has 1 amide bonds. The molecule has 0 bridgehead atoms. The summed E-state index contributed by atoms with van der Waals surface area (Å²) in [6, 6.07) is 6.35. The predicted molar refractivity (Wildman–Crippen MR) is 126 cm³/mol. The summed E-state index contributed by atoms with van der Waals surface area (Å²) >= 11 is 0. The molecule has 7 heteroatoms. The van der Waals surface area contributed by atoms with Gasteiger partial charge in [-0.15, -0.1) is 24.0 Å². The number of piperidine rings is 1. The van der Waals surface area contributed by atoms with Crippen molar-refractivity contribution in [3.05, 3.63) is 35.5 Å². The van der Waals surface area contributed by atoms with Crippen LogP contribution in [0.4, 0.5) is 0 Å². The van der Waals surface area contributed by atoms with E-state index in [1.165, 1.54) is 22.0 Å². The maximum Gasteiger partial charge on any atom is 0.217 e. The molecule has 1 atom stereocenters. The van der Waals surface area contributed by atoms with Crippen molar-refractivity contribution in [2.45, 2.75) is 39.5 Å². The third-order valence-corrected chi connectivity index (χ3v) is 5.28. The number of primary amides is 1. The fraction of sp³-hybridized carbons (Fsp3) is 0.524. The fourth-order valence-corrected chi connectivity index (χ4v) is 4.07. The molecule has 1 fully saturated rings. The zero-order valence-electron chi connectivity index (χ0n) is 16.8. The monoisotopic (exact) mass is 497 g/mol. The smallest absolute Gasteiger partial charge is 0.217 e. The van der Waals surface area contributed by atoms with E-state index >= 15 is 0 Å². The summed E-state index contributed by atoms with van der Waals surface area (Å²) in [5.41, 5.74) is 9.18. The minimum absolute atomic E-state index is 0. The first-order valence-corrected chi connectivity index (χ1v) is 9.95. The van der Waals surface area contributed by atoms with E-state index < -0.39 is 0 Å². The number of hydrogen-bond acceptors (Lipinski definition) is 2. The van der Waals surface area contributed by atoms with Crippen molar-refractivity contribution in [2.75, 3.05) is 26.2 Å². The number of halogens is 1. The normalized spacial score (nSPS) is 17.4. The average Bonchev–Trinajstić information content (AvgIpc) is 3.05. The quantitative estimate of drug-likeness (QED) is 0.326. The third-order valence-electron chi connectivity index (χ3n) is 5.28. The van der Waals surface area contributed by atoms with E-state index in [2.05, 4.69) is 53.4 Å². The number of hydrogen-bond donors (Lipinski definition) is 3. The molecule has 1 aliphatic heterocycles. The number of aryl methyl sites for hydroxylation is 1. The molecule has 4 N–H and O–H groups in total. The van der Waals surface area contributed by atoms with Gasteiger partial charge in [-0.25, -0.2) is 0 Å². The van der Waals surface area contributed by atoms with E-state index in [1.807, 2.05) is 0 Å². The predicted octanol–water partition coefficient (Wildman–Crippen LogP) is 3.19. The highest BCUT2D eigenvalue weighted by atomic mass is 127. The molecule has 1 unspecified atom stereocenters. The molecule has 0 aliphatic carbocycles. The topological polar surface area (TPSA) is 86.5 Å². The zero-order valence-corrected chi connectivity index (χ0v) is 19.2. The number of aromatic nitrogens is 1. The van der Waals surface area contributed by atoms with Gasteiger partial charge in [-0.05, 0) is 56.2 Å². The van der Waals surface area contributed by atoms with Gasteiger partial charge in [-0.1, -0.05) is 12.1 Å². The van der Waals surface area contributed by atoms with Gasteiger partial charge in [0.15, 0.2) is 5.96 Å². The molecule has 1 saturated heterocycles. The van der Waals surface area contributed by atoms with Crippen LogP contribution in [0.5, 0.6) is 0 Å². The summed E-state index contributed by atoms with van der Waals surface area (Å²) < 4.78 is 0. The van der Waals surface area contributed by atoms with Gasteiger partial charge in [0.25, 0.3) is 0 Å². The van der Waals surface area contributed by atoms with Crippen molar-refractivity contribution in [1.82, 2.24) is 15.2 Å². The van der Waals surface area contributed by atoms with Gasteiger partial charge in [-0.3, -0.25) is 9.79 Å². The van der Waals surface area contributed by atoms with Gasteiger partial charge in [0.2, 0.25) is 5.91 Å². The minimum atomic E-state index is -0.210. The molecule has 1 aromatic heterocycles. The molecule has 0 spiro atoms. The zero-order chi connectivity index (χ0) is 19.2. The summed E-state index contributed by atoms with van der Waals surface area (Å²) in [5, 5.41) is 4.72. The Balaban J connectivity index is 0.00000280. The van der Waals surface area contributed by atoms with Gasteiger partial charge in [0.1, 0.15) is 0 Å². The van der Waals surface area contributed by atoms with Gasteiger partial charge >= 0.3 is 0 Å². The van der Waals surface area contributed by atoms with Crippen LogP contribution in [0.3, 0.4) is 0 Å². The van der Waals surface area contributed by atoms with Gasteiger partial charge in [0.05, 0.1) is 0 Å². The summed E-state index contributed by atoms with van der Waals surface area (Å²) in [5.74, 6) is 1.07. The molecular weight excluding hydrogens is 465 g/mol. The van der Waals surface area contributed by atoms with E-state index in [9.17, 15) is 4.79 Å². The lowest BCUT2D eigenvalue weighted by molar-refractivity contribution is -0.119. The highest BCUT2D eigenvalue weighted by molar-refractivity contribution is 14.0. The molecule has 0 saturated carbocycles. The van der Waals surface area contributed by atoms with Crippen molar-refractivity contribution in [1.29, 1.82) is 0 Å². The maximum absolute atomic E-state index is 11.3. The number of rotatable bonds is 6. The largest absolute Gasteiger partial charge is 0.370 e. The standard InChI is InChI=1S/C21H31N5O.HI/c1-3-23-21(26-11-5-7-16(14-26)12-19(22)27)24-10-9-17-13-25-18-8-4-6-15(2)20(17)18;/h4,6,8,13,16,25H,3,5,7,9-12,14H2,1-2H3,(H2,22,27)(H,23,24);1H. The summed E-state index contributed by atoms with van der Waals surface area (Å²) in [6.07, 6.45) is 5.60. The van der Waals surface area contributed by atoms with E-state index in [4.69, 9.17) is 10.7 Å². The van der Waals surface area contributed by atoms with Crippen LogP contribution in [0.1, 0.15) is 37.3 Å². The van der Waals surface area contributed by atoms with E-state index in [0.29, 0.717) is 12.3 Å². The third kappa shape index (κ3) is 5.62. The van der Waals surface area contributed by atoms with E-state index in [1.54, 1.807) is 0 Å². The van der Waals surface area contributed by atoms with Crippen LogP contribution < -0.4 is 11.1 Å². The molecule has 28 heavy (non-hydrogen) atoms. The fourth-order valence-electron chi connectivity index (χ4n) is 4.07. The summed E-state index contributed by atoms with van der Waals surface area (Å²) in [4.78, 5) is 21.8. The van der Waals surface area contributed by atoms with Crippen molar-refractivity contribution in [2.24, 2.45) is 16.6 Å². The first kappa shape index (κ1) is 22.5. The Labute approximate surface area is 184 Å². The van der Waals surface area contributed by atoms with E-state index in [0.717, 1.165) is 51.4 Å². The lowest BCUT2D eigenvalue weighted by atomic mass is 9.95. The van der Waals surface area contributed by atoms with Crippen LogP contribution in [0.2, 0.25) is 0 Å². The first-order chi connectivity index (χ1) is 13.1. The molecule has 2 heterocycles. The summed E-state index contributed by atoms with van der Waals surface area (Å²) in [6.45, 7) is 7.64. The number of amides is 1. The van der Waals surface area contributed by atoms with Crippen molar-refractivity contribution in [3.8, 4) is 0 Å². The lowest BCUT2D eigenvalue weighted by Crippen LogP contribution is -2.47. The molecule has 6 nitrogen and oxygen atoms in total. The number of nitrogens with zero attached hydrogens (tertiary/aromatic N) is 2. The highest BCUT2D eigenvalue weighted by Gasteiger charge is 2.23. The number of benzene rings is 1. The van der Waals surface area contributed by atoms with Crippen LogP contribution >= 0.6 is 24.0 Å². The number of aromatic amines is 1. The number of H-pyrrole nitrogens is 1. The summed E-state index contributed by atoms with van der Waals surface area (Å²) in [7, 11) is 0. The number of likely N-dealkylation sites (tertiary alicyclic amines) is 1. The molecule has 0 radical (unpaired) electrons. The Kier molecular flexibility index (Phi) is 8.59. The van der Waals surface area contributed by atoms with Gasteiger partial charge in [-0.2, -0.15) is 0 Å². The molecule has 1 aromatic carbocycles. The second-order valence-corrected chi connectivity index (χ2v) is 7.42. The van der Waals surface area contributed by atoms with Crippen LogP contribution in [-0.2, 0) is 11.2 Å². The second kappa shape index (κ2) is 10.7. The van der Waals surface area contributed by atoms with Crippen LogP contribution in [-0.4, -0.2) is 47.9 Å². The Morgan fingerprint density at radius 1 is 1.43 bits per heavy atom. The minimum Gasteiger partial charge on any atom is -0.370 e. The highest BCUT2D eigenvalue weighted by Crippen LogP contribution is 2.23. The lowest BCUT2D eigenvalue weighted by Gasteiger charge is -2.34. The van der Waals surface area contributed by atoms with Crippen LogP contribution in [0.15, 0.2) is 29.4 Å². The number of carbonyl (C=O) groups excluding carboxylic acids is 1. The number of guanidine groups is 1. The second-order valence-electron chi connectivity index (χ2n) is 7.42. The number of carbonyl (C=O) groups is 1. The van der Waals surface area contributed by atoms with Crippen molar-refractivity contribution in [3.63, 3.8) is 0 Å². The van der Waals surface area contributed by atoms with Gasteiger partial charge < -0.3 is 20.9 Å². The van der Waals surface area contributed by atoms with Crippen LogP contribution in [0.25, 0.3) is 10.9 Å². The maximum atomic E-state index is 11.3.